The predicted molar refractivity (Wildman–Crippen MR) is 139 cm³/mol. The third-order valence-electron chi connectivity index (χ3n) is 5.83. The number of hydrogen-bond donors (Lipinski definition) is 1. The van der Waals surface area contributed by atoms with Crippen LogP contribution in [-0.4, -0.2) is 24.5 Å². The third kappa shape index (κ3) is 4.93. The number of aryl methyl sites for hydroxylation is 1. The highest BCUT2D eigenvalue weighted by molar-refractivity contribution is 6.06. The molecule has 0 spiro atoms. The van der Waals surface area contributed by atoms with Crippen molar-refractivity contribution in [1.82, 2.24) is 0 Å². The molecular formula is C28H26N2O6. The first-order valence-electron chi connectivity index (χ1n) is 11.4. The fourth-order valence-corrected chi connectivity index (χ4v) is 4.02. The van der Waals surface area contributed by atoms with Gasteiger partial charge in [0.15, 0.2) is 0 Å². The summed E-state index contributed by atoms with van der Waals surface area (Å²) in [5.41, 5.74) is 4.78. The Bertz CT molecular complexity index is 1480. The molecule has 184 valence electrons. The summed E-state index contributed by atoms with van der Waals surface area (Å²) in [6, 6.07) is 15.8. The zero-order chi connectivity index (χ0) is 25.8. The number of nitrogens with zero attached hydrogens (tertiary/aromatic N) is 1. The van der Waals surface area contributed by atoms with Crippen LogP contribution in [0.1, 0.15) is 25.0 Å². The van der Waals surface area contributed by atoms with E-state index in [4.69, 9.17) is 13.9 Å². The number of methoxy groups -OCH3 is 1. The number of hydrogen-bond acceptors (Lipinski definition) is 6. The molecule has 3 aromatic carbocycles. The first-order chi connectivity index (χ1) is 17.3. The maximum Gasteiger partial charge on any atom is 0.271 e. The third-order valence-corrected chi connectivity index (χ3v) is 5.83. The molecule has 1 heterocycles. The lowest BCUT2D eigenvalue weighted by Crippen LogP contribution is -2.10. The summed E-state index contributed by atoms with van der Waals surface area (Å²) in [6.07, 6.45) is 3.13. The van der Waals surface area contributed by atoms with Crippen molar-refractivity contribution in [2.45, 2.75) is 20.8 Å². The number of amides is 1. The number of benzene rings is 3. The van der Waals surface area contributed by atoms with Crippen molar-refractivity contribution < 1.29 is 23.6 Å². The highest BCUT2D eigenvalue weighted by Crippen LogP contribution is 2.40. The SMILES string of the molecule is CCOc1cc2occ(-c3ccccc3OC)c2cc1/C(C)=C/C(=O)Nc1cc([N+](=O)[O-])ccc1C. The maximum atomic E-state index is 12.9. The summed E-state index contributed by atoms with van der Waals surface area (Å²) in [5, 5.41) is 14.7. The van der Waals surface area contributed by atoms with Crippen molar-refractivity contribution in [2.75, 3.05) is 19.0 Å². The van der Waals surface area contributed by atoms with Crippen LogP contribution in [0.3, 0.4) is 0 Å². The summed E-state index contributed by atoms with van der Waals surface area (Å²) in [7, 11) is 1.62. The van der Waals surface area contributed by atoms with Gasteiger partial charge in [-0.2, -0.15) is 0 Å². The molecule has 8 heteroatoms. The molecule has 0 unspecified atom stereocenters. The van der Waals surface area contributed by atoms with E-state index in [9.17, 15) is 14.9 Å². The Balaban J connectivity index is 1.74. The number of nitrogens with one attached hydrogen (secondary N) is 1. The van der Waals surface area contributed by atoms with Crippen LogP contribution < -0.4 is 14.8 Å². The van der Waals surface area contributed by atoms with Gasteiger partial charge in [-0.15, -0.1) is 0 Å². The highest BCUT2D eigenvalue weighted by atomic mass is 16.6. The van der Waals surface area contributed by atoms with E-state index >= 15 is 0 Å². The summed E-state index contributed by atoms with van der Waals surface area (Å²) in [4.78, 5) is 23.5. The number of para-hydroxylation sites is 1. The van der Waals surface area contributed by atoms with E-state index in [-0.39, 0.29) is 5.69 Å². The average molecular weight is 487 g/mol. The molecule has 0 bridgehead atoms. The van der Waals surface area contributed by atoms with Gasteiger partial charge in [0, 0.05) is 46.4 Å². The molecule has 0 atom stereocenters. The van der Waals surface area contributed by atoms with E-state index < -0.39 is 10.8 Å². The zero-order valence-electron chi connectivity index (χ0n) is 20.5. The number of carbonyl (C=O) groups excluding carboxylic acids is 1. The van der Waals surface area contributed by atoms with Crippen LogP contribution in [0.25, 0.3) is 27.7 Å². The van der Waals surface area contributed by atoms with Gasteiger partial charge in [0.05, 0.1) is 30.6 Å². The van der Waals surface area contributed by atoms with E-state index in [0.29, 0.717) is 29.2 Å². The first kappa shape index (κ1) is 24.5. The van der Waals surface area contributed by atoms with E-state index in [2.05, 4.69) is 5.32 Å². The Morgan fingerprint density at radius 1 is 1.11 bits per heavy atom. The summed E-state index contributed by atoms with van der Waals surface area (Å²) in [6.45, 7) is 5.90. The van der Waals surface area contributed by atoms with E-state index in [1.165, 1.54) is 18.2 Å². The minimum absolute atomic E-state index is 0.0930. The highest BCUT2D eigenvalue weighted by Gasteiger charge is 2.17. The number of furan rings is 1. The Labute approximate surface area is 208 Å². The van der Waals surface area contributed by atoms with Crippen molar-refractivity contribution in [3.8, 4) is 22.6 Å². The zero-order valence-corrected chi connectivity index (χ0v) is 20.5. The summed E-state index contributed by atoms with van der Waals surface area (Å²) in [5.74, 6) is 0.893. The molecule has 0 fully saturated rings. The molecule has 0 radical (unpaired) electrons. The minimum Gasteiger partial charge on any atom is -0.496 e. The number of non-ortho nitro benzene ring substituents is 1. The Morgan fingerprint density at radius 3 is 2.61 bits per heavy atom. The van der Waals surface area contributed by atoms with Crippen LogP contribution >= 0.6 is 0 Å². The Hall–Kier alpha value is -4.59. The number of carbonyl (C=O) groups is 1. The lowest BCUT2D eigenvalue weighted by molar-refractivity contribution is -0.384. The van der Waals surface area contributed by atoms with E-state index in [1.54, 1.807) is 26.4 Å². The molecule has 0 aliphatic rings. The van der Waals surface area contributed by atoms with E-state index in [0.717, 1.165) is 33.4 Å². The number of fused-ring (bicyclic) bond motifs is 1. The molecule has 1 N–H and O–H groups in total. The molecule has 0 saturated heterocycles. The number of allylic oxidation sites excluding steroid dienone is 1. The van der Waals surface area contributed by atoms with Gasteiger partial charge in [-0.1, -0.05) is 24.3 Å². The standard InChI is InChI=1S/C28H26N2O6/c1-5-35-26-15-27-22(23(16-36-27)20-8-6-7-9-25(20)34-4)14-21(26)18(3)12-28(31)29-24-13-19(30(32)33)11-10-17(24)2/h6-16H,5H2,1-4H3,(H,29,31)/b18-12+. The second-order valence-corrected chi connectivity index (χ2v) is 8.20. The van der Waals surface area contributed by atoms with Crippen molar-refractivity contribution >= 4 is 33.8 Å². The average Bonchev–Trinajstić information content (AvgIpc) is 3.27. The van der Waals surface area contributed by atoms with Crippen molar-refractivity contribution in [3.63, 3.8) is 0 Å². The molecule has 4 aromatic rings. The second-order valence-electron chi connectivity index (χ2n) is 8.20. The van der Waals surface area contributed by atoms with Crippen LogP contribution in [0.5, 0.6) is 11.5 Å². The normalized spacial score (nSPS) is 11.4. The lowest BCUT2D eigenvalue weighted by Gasteiger charge is -2.12. The van der Waals surface area contributed by atoms with Gasteiger partial charge in [0.2, 0.25) is 5.91 Å². The molecular weight excluding hydrogens is 460 g/mol. The first-order valence-corrected chi connectivity index (χ1v) is 11.4. The molecule has 1 amide bonds. The van der Waals surface area contributed by atoms with Gasteiger partial charge in [-0.3, -0.25) is 14.9 Å². The molecule has 36 heavy (non-hydrogen) atoms. The van der Waals surface area contributed by atoms with Gasteiger partial charge in [0.25, 0.3) is 5.69 Å². The van der Waals surface area contributed by atoms with Crippen LogP contribution in [0, 0.1) is 17.0 Å². The topological polar surface area (TPSA) is 104 Å². The summed E-state index contributed by atoms with van der Waals surface area (Å²) < 4.78 is 17.2. The fraction of sp³-hybridized carbons (Fsp3) is 0.179. The van der Waals surface area contributed by atoms with Crippen LogP contribution in [0.2, 0.25) is 0 Å². The predicted octanol–water partition coefficient (Wildman–Crippen LogP) is 6.77. The minimum atomic E-state index is -0.496. The number of nitro groups is 1. The lowest BCUT2D eigenvalue weighted by atomic mass is 9.98. The molecule has 0 aliphatic carbocycles. The van der Waals surface area contributed by atoms with Crippen LogP contribution in [0.15, 0.2) is 71.4 Å². The number of ether oxygens (including phenoxy) is 2. The van der Waals surface area contributed by atoms with Crippen molar-refractivity contribution in [2.24, 2.45) is 0 Å². The largest absolute Gasteiger partial charge is 0.496 e. The number of nitro benzene ring substituents is 1. The summed E-state index contributed by atoms with van der Waals surface area (Å²) >= 11 is 0. The van der Waals surface area contributed by atoms with E-state index in [1.807, 2.05) is 50.2 Å². The molecule has 8 nitrogen and oxygen atoms in total. The molecule has 0 aliphatic heterocycles. The fourth-order valence-electron chi connectivity index (χ4n) is 4.02. The van der Waals surface area contributed by atoms with Gasteiger partial charge in [-0.25, -0.2) is 0 Å². The smallest absolute Gasteiger partial charge is 0.271 e. The van der Waals surface area contributed by atoms with Crippen molar-refractivity contribution in [1.29, 1.82) is 0 Å². The Morgan fingerprint density at radius 2 is 1.89 bits per heavy atom. The molecule has 1 aromatic heterocycles. The monoisotopic (exact) mass is 486 g/mol. The molecule has 0 saturated carbocycles. The van der Waals surface area contributed by atoms with Crippen molar-refractivity contribution in [3.05, 3.63) is 88.2 Å². The Kier molecular flexibility index (Phi) is 7.05. The van der Waals surface area contributed by atoms with Gasteiger partial charge in [0.1, 0.15) is 17.1 Å². The van der Waals surface area contributed by atoms with Crippen LogP contribution in [0.4, 0.5) is 11.4 Å². The maximum absolute atomic E-state index is 12.9. The molecule has 4 rings (SSSR count). The van der Waals surface area contributed by atoms with Gasteiger partial charge >= 0.3 is 0 Å². The quantitative estimate of drug-likeness (QED) is 0.167. The number of anilines is 1. The number of rotatable bonds is 8. The van der Waals surface area contributed by atoms with Crippen LogP contribution in [-0.2, 0) is 4.79 Å². The second kappa shape index (κ2) is 10.4. The van der Waals surface area contributed by atoms with Gasteiger partial charge in [-0.05, 0) is 44.0 Å². The van der Waals surface area contributed by atoms with Gasteiger partial charge < -0.3 is 19.2 Å².